The molecule has 0 unspecified atom stereocenters. The van der Waals surface area contributed by atoms with Crippen molar-refractivity contribution in [3.8, 4) is 11.5 Å². The van der Waals surface area contributed by atoms with Crippen molar-refractivity contribution in [3.63, 3.8) is 0 Å². The lowest BCUT2D eigenvalue weighted by molar-refractivity contribution is -0.129. The first-order valence-electron chi connectivity index (χ1n) is 10.5. The van der Waals surface area contributed by atoms with Crippen molar-refractivity contribution >= 4 is 47.2 Å². The molecule has 0 atom stereocenters. The Labute approximate surface area is 207 Å². The van der Waals surface area contributed by atoms with Crippen LogP contribution in [0.2, 0.25) is 0 Å². The van der Waals surface area contributed by atoms with Crippen LogP contribution in [0.15, 0.2) is 53.5 Å². The number of para-hydroxylation sites is 1. The number of methoxy groups -OCH3 is 2. The zero-order chi connectivity index (χ0) is 22.1. The van der Waals surface area contributed by atoms with Crippen LogP contribution in [0.1, 0.15) is 6.92 Å². The van der Waals surface area contributed by atoms with Crippen LogP contribution in [0.3, 0.4) is 0 Å². The number of ether oxygens (including phenoxy) is 2. The van der Waals surface area contributed by atoms with Gasteiger partial charge in [-0.2, -0.15) is 0 Å². The van der Waals surface area contributed by atoms with Gasteiger partial charge in [-0.25, -0.2) is 4.99 Å². The van der Waals surface area contributed by atoms with Gasteiger partial charge >= 0.3 is 0 Å². The molecule has 2 N–H and O–H groups in total. The predicted octanol–water partition coefficient (Wildman–Crippen LogP) is 3.05. The van der Waals surface area contributed by atoms with Gasteiger partial charge in [0.15, 0.2) is 17.5 Å². The van der Waals surface area contributed by atoms with Crippen LogP contribution in [0.4, 0.5) is 11.4 Å². The summed E-state index contributed by atoms with van der Waals surface area (Å²) in [5.74, 6) is 1.85. The van der Waals surface area contributed by atoms with Crippen molar-refractivity contribution in [1.29, 1.82) is 0 Å². The van der Waals surface area contributed by atoms with E-state index in [0.29, 0.717) is 37.1 Å². The molecule has 9 heteroatoms. The molecule has 0 spiro atoms. The Balaban J connectivity index is 0.00000363. The maximum Gasteiger partial charge on any atom is 0.244 e. The van der Waals surface area contributed by atoms with E-state index in [9.17, 15) is 4.79 Å². The number of benzene rings is 2. The highest BCUT2D eigenvalue weighted by Gasteiger charge is 2.21. The van der Waals surface area contributed by atoms with Gasteiger partial charge in [-0.05, 0) is 31.2 Å². The smallest absolute Gasteiger partial charge is 0.244 e. The van der Waals surface area contributed by atoms with Gasteiger partial charge in [0, 0.05) is 50.2 Å². The minimum atomic E-state index is 0. The summed E-state index contributed by atoms with van der Waals surface area (Å²) in [6, 6.07) is 15.8. The Kier molecular flexibility index (Phi) is 10.4. The van der Waals surface area contributed by atoms with Crippen molar-refractivity contribution < 1.29 is 14.3 Å². The summed E-state index contributed by atoms with van der Waals surface area (Å²) in [7, 11) is 3.19. The zero-order valence-electron chi connectivity index (χ0n) is 18.8. The Morgan fingerprint density at radius 2 is 1.69 bits per heavy atom. The number of nitrogens with one attached hydrogen (secondary N) is 2. The van der Waals surface area contributed by atoms with Gasteiger partial charge in [-0.15, -0.1) is 24.0 Å². The molecular weight excluding hydrogens is 521 g/mol. The first-order valence-corrected chi connectivity index (χ1v) is 10.5. The van der Waals surface area contributed by atoms with Crippen LogP contribution in [0.25, 0.3) is 0 Å². The molecule has 0 aromatic heterocycles. The minimum Gasteiger partial charge on any atom is -0.493 e. The van der Waals surface area contributed by atoms with Crippen molar-refractivity contribution in [2.45, 2.75) is 6.92 Å². The molecule has 1 amide bonds. The van der Waals surface area contributed by atoms with Gasteiger partial charge in [-0.1, -0.05) is 18.2 Å². The number of nitrogens with zero attached hydrogens (tertiary/aromatic N) is 3. The standard InChI is InChI=1S/C23H31N5O3.HI/c1-4-24-23(26-18-10-11-20(30-2)21(16-18)31-3)25-17-22(29)28-14-12-27(13-15-28)19-8-6-5-7-9-19;/h5-11,16H,4,12-15,17H2,1-3H3,(H2,24,25,26);1H. The number of carbonyl (C=O) groups is 1. The molecule has 1 aliphatic rings. The fourth-order valence-electron chi connectivity index (χ4n) is 3.46. The van der Waals surface area contributed by atoms with Gasteiger partial charge in [0.05, 0.1) is 14.2 Å². The monoisotopic (exact) mass is 553 g/mol. The molecule has 0 saturated carbocycles. The number of amides is 1. The van der Waals surface area contributed by atoms with E-state index < -0.39 is 0 Å². The molecule has 0 aliphatic carbocycles. The molecule has 2 aromatic rings. The number of rotatable bonds is 7. The Bertz CT molecular complexity index is 886. The molecule has 1 saturated heterocycles. The summed E-state index contributed by atoms with van der Waals surface area (Å²) in [5, 5.41) is 6.39. The fourth-order valence-corrected chi connectivity index (χ4v) is 3.46. The van der Waals surface area contributed by atoms with E-state index in [2.05, 4.69) is 32.7 Å². The van der Waals surface area contributed by atoms with Crippen LogP contribution in [-0.4, -0.2) is 70.3 Å². The van der Waals surface area contributed by atoms with E-state index >= 15 is 0 Å². The average Bonchev–Trinajstić information content (AvgIpc) is 2.83. The highest BCUT2D eigenvalue weighted by Crippen LogP contribution is 2.29. The third-order valence-corrected chi connectivity index (χ3v) is 5.12. The highest BCUT2D eigenvalue weighted by atomic mass is 127. The van der Waals surface area contributed by atoms with Crippen LogP contribution >= 0.6 is 24.0 Å². The highest BCUT2D eigenvalue weighted by molar-refractivity contribution is 14.0. The number of hydrogen-bond acceptors (Lipinski definition) is 5. The van der Waals surface area contributed by atoms with Gasteiger partial charge in [-0.3, -0.25) is 4.79 Å². The van der Waals surface area contributed by atoms with Gasteiger partial charge in [0.2, 0.25) is 5.91 Å². The first kappa shape index (κ1) is 25.6. The maximum atomic E-state index is 12.7. The molecule has 0 bridgehead atoms. The van der Waals surface area contributed by atoms with Crippen LogP contribution in [0, 0.1) is 0 Å². The molecule has 1 fully saturated rings. The molecule has 1 heterocycles. The maximum absolute atomic E-state index is 12.7. The average molecular weight is 553 g/mol. The van der Waals surface area contributed by atoms with Crippen molar-refractivity contribution in [2.24, 2.45) is 4.99 Å². The quantitative estimate of drug-likeness (QED) is 0.312. The van der Waals surface area contributed by atoms with E-state index in [4.69, 9.17) is 9.47 Å². The van der Waals surface area contributed by atoms with E-state index in [-0.39, 0.29) is 36.4 Å². The van der Waals surface area contributed by atoms with Crippen molar-refractivity contribution in [2.75, 3.05) is 63.7 Å². The summed E-state index contributed by atoms with van der Waals surface area (Å²) >= 11 is 0. The largest absolute Gasteiger partial charge is 0.493 e. The molecule has 2 aromatic carbocycles. The van der Waals surface area contributed by atoms with Gasteiger partial charge in [0.25, 0.3) is 0 Å². The zero-order valence-corrected chi connectivity index (χ0v) is 21.2. The number of halogens is 1. The number of hydrogen-bond donors (Lipinski definition) is 2. The Hall–Kier alpha value is -2.69. The third kappa shape index (κ3) is 6.91. The molecule has 3 rings (SSSR count). The van der Waals surface area contributed by atoms with E-state index in [1.54, 1.807) is 14.2 Å². The second-order valence-electron chi connectivity index (χ2n) is 7.09. The second kappa shape index (κ2) is 13.0. The first-order chi connectivity index (χ1) is 15.1. The van der Waals surface area contributed by atoms with Crippen molar-refractivity contribution in [1.82, 2.24) is 10.2 Å². The van der Waals surface area contributed by atoms with Gasteiger partial charge < -0.3 is 29.9 Å². The number of anilines is 2. The third-order valence-electron chi connectivity index (χ3n) is 5.12. The second-order valence-corrected chi connectivity index (χ2v) is 7.09. The lowest BCUT2D eigenvalue weighted by atomic mass is 10.2. The van der Waals surface area contributed by atoms with Crippen LogP contribution < -0.4 is 25.0 Å². The van der Waals surface area contributed by atoms with Gasteiger partial charge in [0.1, 0.15) is 6.54 Å². The van der Waals surface area contributed by atoms with E-state index in [1.165, 1.54) is 5.69 Å². The summed E-state index contributed by atoms with van der Waals surface area (Å²) in [6.45, 7) is 5.80. The predicted molar refractivity (Wildman–Crippen MR) is 140 cm³/mol. The number of carbonyl (C=O) groups excluding carboxylic acids is 1. The number of guanidine groups is 1. The summed E-state index contributed by atoms with van der Waals surface area (Å²) < 4.78 is 10.6. The normalized spacial score (nSPS) is 13.8. The van der Waals surface area contributed by atoms with Crippen molar-refractivity contribution in [3.05, 3.63) is 48.5 Å². The lowest BCUT2D eigenvalue weighted by Crippen LogP contribution is -2.49. The van der Waals surface area contributed by atoms with Crippen LogP contribution in [-0.2, 0) is 4.79 Å². The molecular formula is C23H32IN5O3. The summed E-state index contributed by atoms with van der Waals surface area (Å²) in [4.78, 5) is 21.4. The number of aliphatic imine (C=N–C) groups is 1. The lowest BCUT2D eigenvalue weighted by Gasteiger charge is -2.36. The Morgan fingerprint density at radius 3 is 2.31 bits per heavy atom. The fraction of sp³-hybridized carbons (Fsp3) is 0.391. The topological polar surface area (TPSA) is 78.4 Å². The van der Waals surface area contributed by atoms with E-state index in [1.807, 2.05) is 48.2 Å². The molecule has 1 aliphatic heterocycles. The SMILES string of the molecule is CCNC(=NCC(=O)N1CCN(c2ccccc2)CC1)Nc1ccc(OC)c(OC)c1.I. The minimum absolute atomic E-state index is 0. The molecule has 0 radical (unpaired) electrons. The van der Waals surface area contributed by atoms with E-state index in [0.717, 1.165) is 18.8 Å². The number of piperazine rings is 1. The van der Waals surface area contributed by atoms with Crippen LogP contribution in [0.5, 0.6) is 11.5 Å². The summed E-state index contributed by atoms with van der Waals surface area (Å²) in [5.41, 5.74) is 1.99. The molecule has 174 valence electrons. The molecule has 32 heavy (non-hydrogen) atoms. The molecule has 8 nitrogen and oxygen atoms in total. The Morgan fingerprint density at radius 1 is 1.00 bits per heavy atom. The summed E-state index contributed by atoms with van der Waals surface area (Å²) in [6.07, 6.45) is 0.